The van der Waals surface area contributed by atoms with Gasteiger partial charge in [-0.2, -0.15) is 5.26 Å². The highest BCUT2D eigenvalue weighted by Crippen LogP contribution is 2.03. The molecule has 0 unspecified atom stereocenters. The van der Waals surface area contributed by atoms with Gasteiger partial charge in [-0.15, -0.1) is 0 Å². The second kappa shape index (κ2) is 7.82. The lowest BCUT2D eigenvalue weighted by molar-refractivity contribution is 0.0908. The van der Waals surface area contributed by atoms with E-state index in [1.165, 1.54) is 0 Å². The van der Waals surface area contributed by atoms with Crippen LogP contribution in [0.4, 0.5) is 0 Å². The summed E-state index contributed by atoms with van der Waals surface area (Å²) in [5, 5.41) is 11.5. The van der Waals surface area contributed by atoms with E-state index >= 15 is 0 Å². The van der Waals surface area contributed by atoms with E-state index < -0.39 is 0 Å². The molecule has 0 saturated carbocycles. The molecule has 1 amide bonds. The minimum Gasteiger partial charge on any atom is -0.378 e. The number of ether oxygens (including phenoxy) is 1. The van der Waals surface area contributed by atoms with E-state index in [9.17, 15) is 4.79 Å². The first kappa shape index (κ1) is 14.8. The molecule has 0 aliphatic carbocycles. The van der Waals surface area contributed by atoms with Gasteiger partial charge in [-0.3, -0.25) is 4.79 Å². The first-order valence-corrected chi connectivity index (χ1v) is 6.61. The van der Waals surface area contributed by atoms with Gasteiger partial charge in [-0.1, -0.05) is 6.07 Å². The molecule has 6 heteroatoms. The van der Waals surface area contributed by atoms with E-state index in [0.29, 0.717) is 30.9 Å². The van der Waals surface area contributed by atoms with E-state index in [-0.39, 0.29) is 5.91 Å². The van der Waals surface area contributed by atoms with Crippen molar-refractivity contribution in [3.8, 4) is 6.07 Å². The lowest BCUT2D eigenvalue weighted by atomic mass is 10.1. The number of aromatic nitrogens is 2. The molecule has 108 valence electrons. The maximum atomic E-state index is 11.8. The predicted octanol–water partition coefficient (Wildman–Crippen LogP) is 1.20. The fourth-order valence-corrected chi connectivity index (χ4v) is 1.76. The molecule has 0 bridgehead atoms. The summed E-state index contributed by atoms with van der Waals surface area (Å²) in [6.07, 6.45) is 5.32. The Morgan fingerprint density at radius 2 is 2.33 bits per heavy atom. The molecular formula is C15H16N4O2. The van der Waals surface area contributed by atoms with E-state index in [0.717, 1.165) is 6.54 Å². The number of imidazole rings is 1. The smallest absolute Gasteiger partial charge is 0.251 e. The van der Waals surface area contributed by atoms with Gasteiger partial charge in [0.25, 0.3) is 5.91 Å². The van der Waals surface area contributed by atoms with Gasteiger partial charge in [0.2, 0.25) is 0 Å². The van der Waals surface area contributed by atoms with Crippen LogP contribution in [0.2, 0.25) is 0 Å². The Labute approximate surface area is 123 Å². The minimum atomic E-state index is -0.203. The Morgan fingerprint density at radius 1 is 1.43 bits per heavy atom. The highest BCUT2D eigenvalue weighted by molar-refractivity contribution is 5.94. The van der Waals surface area contributed by atoms with Crippen LogP contribution in [0.25, 0.3) is 0 Å². The monoisotopic (exact) mass is 284 g/mol. The van der Waals surface area contributed by atoms with Crippen molar-refractivity contribution in [2.75, 3.05) is 19.8 Å². The van der Waals surface area contributed by atoms with Crippen LogP contribution in [0.15, 0.2) is 43.0 Å². The molecule has 6 nitrogen and oxygen atoms in total. The average molecular weight is 284 g/mol. The van der Waals surface area contributed by atoms with Gasteiger partial charge in [0.05, 0.1) is 31.2 Å². The van der Waals surface area contributed by atoms with Gasteiger partial charge in [0, 0.05) is 31.0 Å². The van der Waals surface area contributed by atoms with Crippen molar-refractivity contribution in [2.45, 2.75) is 6.54 Å². The maximum absolute atomic E-state index is 11.8. The highest BCUT2D eigenvalue weighted by atomic mass is 16.5. The number of hydrogen-bond acceptors (Lipinski definition) is 4. The minimum absolute atomic E-state index is 0.203. The Hall–Kier alpha value is -2.65. The predicted molar refractivity (Wildman–Crippen MR) is 76.5 cm³/mol. The molecule has 1 heterocycles. The Kier molecular flexibility index (Phi) is 5.50. The SMILES string of the molecule is N#Cc1cccc(C(=O)NCCOCCn2ccnc2)c1. The second-order valence-corrected chi connectivity index (χ2v) is 4.36. The fraction of sp³-hybridized carbons (Fsp3) is 0.267. The summed E-state index contributed by atoms with van der Waals surface area (Å²) < 4.78 is 7.35. The van der Waals surface area contributed by atoms with Crippen LogP contribution >= 0.6 is 0 Å². The maximum Gasteiger partial charge on any atom is 0.251 e. The van der Waals surface area contributed by atoms with Crippen molar-refractivity contribution in [2.24, 2.45) is 0 Å². The molecule has 1 N–H and O–H groups in total. The summed E-state index contributed by atoms with van der Waals surface area (Å²) in [4.78, 5) is 15.8. The van der Waals surface area contributed by atoms with Crippen LogP contribution < -0.4 is 5.32 Å². The molecule has 0 atom stereocenters. The number of rotatable bonds is 7. The summed E-state index contributed by atoms with van der Waals surface area (Å²) in [5.41, 5.74) is 0.951. The zero-order chi connectivity index (χ0) is 14.9. The van der Waals surface area contributed by atoms with E-state index in [4.69, 9.17) is 10.00 Å². The Bertz CT molecular complexity index is 617. The summed E-state index contributed by atoms with van der Waals surface area (Å²) in [6.45, 7) is 2.17. The van der Waals surface area contributed by atoms with Crippen molar-refractivity contribution >= 4 is 5.91 Å². The number of benzene rings is 1. The second-order valence-electron chi connectivity index (χ2n) is 4.36. The van der Waals surface area contributed by atoms with Crippen LogP contribution in [0, 0.1) is 11.3 Å². The first-order valence-electron chi connectivity index (χ1n) is 6.61. The van der Waals surface area contributed by atoms with Gasteiger partial charge in [-0.05, 0) is 18.2 Å². The quantitative estimate of drug-likeness (QED) is 0.775. The summed E-state index contributed by atoms with van der Waals surface area (Å²) in [5.74, 6) is -0.203. The Morgan fingerprint density at radius 3 is 3.10 bits per heavy atom. The summed E-state index contributed by atoms with van der Waals surface area (Å²) >= 11 is 0. The van der Waals surface area contributed by atoms with Crippen LogP contribution in [-0.4, -0.2) is 35.2 Å². The molecule has 0 fully saturated rings. The molecule has 0 saturated heterocycles. The summed E-state index contributed by atoms with van der Waals surface area (Å²) in [6, 6.07) is 8.60. The van der Waals surface area contributed by atoms with Crippen LogP contribution in [0.3, 0.4) is 0 Å². The van der Waals surface area contributed by atoms with Gasteiger partial charge in [0.1, 0.15) is 0 Å². The molecule has 0 radical (unpaired) electrons. The number of nitrogens with one attached hydrogen (secondary N) is 1. The largest absolute Gasteiger partial charge is 0.378 e. The molecule has 1 aromatic carbocycles. The van der Waals surface area contributed by atoms with Crippen LogP contribution in [-0.2, 0) is 11.3 Å². The lowest BCUT2D eigenvalue weighted by Gasteiger charge is -2.07. The number of nitriles is 1. The van der Waals surface area contributed by atoms with E-state index in [1.54, 1.807) is 36.8 Å². The number of amides is 1. The molecule has 1 aromatic heterocycles. The number of carbonyl (C=O) groups excluding carboxylic acids is 1. The van der Waals surface area contributed by atoms with Crippen molar-refractivity contribution in [3.05, 3.63) is 54.1 Å². The molecule has 0 spiro atoms. The summed E-state index contributed by atoms with van der Waals surface area (Å²) in [7, 11) is 0. The highest BCUT2D eigenvalue weighted by Gasteiger charge is 2.05. The van der Waals surface area contributed by atoms with Gasteiger partial charge < -0.3 is 14.6 Å². The fourth-order valence-electron chi connectivity index (χ4n) is 1.76. The lowest BCUT2D eigenvalue weighted by Crippen LogP contribution is -2.27. The van der Waals surface area contributed by atoms with Gasteiger partial charge >= 0.3 is 0 Å². The number of carbonyl (C=O) groups is 1. The first-order chi connectivity index (χ1) is 10.3. The zero-order valence-corrected chi connectivity index (χ0v) is 11.5. The normalized spacial score (nSPS) is 10.0. The topological polar surface area (TPSA) is 79.9 Å². The molecule has 21 heavy (non-hydrogen) atoms. The van der Waals surface area contributed by atoms with Gasteiger partial charge in [0.15, 0.2) is 0 Å². The standard InChI is InChI=1S/C15H16N4O2/c16-11-13-2-1-3-14(10-13)15(20)18-5-8-21-9-7-19-6-4-17-12-19/h1-4,6,10,12H,5,7-9H2,(H,18,20). The number of hydrogen-bond donors (Lipinski definition) is 1. The van der Waals surface area contributed by atoms with Crippen LogP contribution in [0.5, 0.6) is 0 Å². The van der Waals surface area contributed by atoms with Gasteiger partial charge in [-0.25, -0.2) is 4.98 Å². The van der Waals surface area contributed by atoms with Crippen molar-refractivity contribution in [1.29, 1.82) is 5.26 Å². The average Bonchev–Trinajstić information content (AvgIpc) is 3.04. The van der Waals surface area contributed by atoms with E-state index in [1.807, 2.05) is 16.8 Å². The third kappa shape index (κ3) is 4.75. The zero-order valence-electron chi connectivity index (χ0n) is 11.5. The van der Waals surface area contributed by atoms with Crippen molar-refractivity contribution < 1.29 is 9.53 Å². The third-order valence-electron chi connectivity index (χ3n) is 2.84. The molecule has 2 aromatic rings. The van der Waals surface area contributed by atoms with Crippen LogP contribution in [0.1, 0.15) is 15.9 Å². The van der Waals surface area contributed by atoms with Crippen molar-refractivity contribution in [1.82, 2.24) is 14.9 Å². The number of nitrogens with zero attached hydrogens (tertiary/aromatic N) is 3. The third-order valence-corrected chi connectivity index (χ3v) is 2.84. The van der Waals surface area contributed by atoms with E-state index in [2.05, 4.69) is 10.3 Å². The molecule has 0 aliphatic rings. The Balaban J connectivity index is 1.64. The van der Waals surface area contributed by atoms with Crippen molar-refractivity contribution in [3.63, 3.8) is 0 Å². The molecular weight excluding hydrogens is 268 g/mol. The molecule has 0 aliphatic heterocycles. The molecule has 2 rings (SSSR count).